The van der Waals surface area contributed by atoms with Crippen molar-refractivity contribution in [3.63, 3.8) is 0 Å². The summed E-state index contributed by atoms with van der Waals surface area (Å²) in [6.07, 6.45) is 0. The highest BCUT2D eigenvalue weighted by Gasteiger charge is 2.43. The summed E-state index contributed by atoms with van der Waals surface area (Å²) in [5, 5.41) is 8.11. The second-order valence-corrected chi connectivity index (χ2v) is 4.77. The van der Waals surface area contributed by atoms with Crippen molar-refractivity contribution in [2.24, 2.45) is 5.41 Å². The average Bonchev–Trinajstić information content (AvgIpc) is 2.23. The Hall–Kier alpha value is -0.710. The predicted octanol–water partition coefficient (Wildman–Crippen LogP) is 0.756. The van der Waals surface area contributed by atoms with E-state index in [1.807, 2.05) is 13.8 Å². The van der Waals surface area contributed by atoms with Crippen LogP contribution in [-0.2, 0) is 14.3 Å². The standard InChI is InChI=1S/C8H12O4S/c1-8(2)4-12-7(11)6(8)13-3-5(9)10/h6H,3-4H2,1-2H3,(H,9,10). The Morgan fingerprint density at radius 3 is 2.77 bits per heavy atom. The molecule has 1 unspecified atom stereocenters. The Labute approximate surface area is 80.6 Å². The van der Waals surface area contributed by atoms with Crippen LogP contribution in [0, 0.1) is 5.41 Å². The predicted molar refractivity (Wildman–Crippen MR) is 48.6 cm³/mol. The highest BCUT2D eigenvalue weighted by molar-refractivity contribution is 8.01. The molecule has 0 radical (unpaired) electrons. The lowest BCUT2D eigenvalue weighted by Crippen LogP contribution is -2.28. The topological polar surface area (TPSA) is 63.6 Å². The third kappa shape index (κ3) is 2.37. The van der Waals surface area contributed by atoms with Gasteiger partial charge in [0.2, 0.25) is 0 Å². The van der Waals surface area contributed by atoms with Gasteiger partial charge in [-0.25, -0.2) is 0 Å². The number of carbonyl (C=O) groups excluding carboxylic acids is 1. The third-order valence-corrected chi connectivity index (χ3v) is 3.46. The summed E-state index contributed by atoms with van der Waals surface area (Å²) >= 11 is 1.13. The van der Waals surface area contributed by atoms with Crippen LogP contribution in [0.3, 0.4) is 0 Å². The minimum absolute atomic E-state index is 0.0524. The molecule has 1 aliphatic rings. The lowest BCUT2D eigenvalue weighted by Gasteiger charge is -2.20. The lowest BCUT2D eigenvalue weighted by molar-refractivity contribution is -0.137. The van der Waals surface area contributed by atoms with E-state index in [1.165, 1.54) is 0 Å². The highest BCUT2D eigenvalue weighted by Crippen LogP contribution is 2.37. The monoisotopic (exact) mass is 204 g/mol. The van der Waals surface area contributed by atoms with Crippen molar-refractivity contribution in [2.45, 2.75) is 19.1 Å². The molecule has 0 spiro atoms. The van der Waals surface area contributed by atoms with Gasteiger partial charge in [0.05, 0.1) is 12.4 Å². The van der Waals surface area contributed by atoms with Crippen molar-refractivity contribution in [2.75, 3.05) is 12.4 Å². The number of carbonyl (C=O) groups is 2. The number of cyclic esters (lactones) is 1. The summed E-state index contributed by atoms with van der Waals surface area (Å²) in [6, 6.07) is 0. The Morgan fingerprint density at radius 1 is 1.77 bits per heavy atom. The van der Waals surface area contributed by atoms with Crippen molar-refractivity contribution in [3.05, 3.63) is 0 Å². The van der Waals surface area contributed by atoms with Gasteiger partial charge in [-0.1, -0.05) is 13.8 Å². The molecule has 0 saturated carbocycles. The molecular weight excluding hydrogens is 192 g/mol. The third-order valence-electron chi connectivity index (χ3n) is 1.88. The largest absolute Gasteiger partial charge is 0.481 e. The summed E-state index contributed by atoms with van der Waals surface area (Å²) in [7, 11) is 0. The van der Waals surface area contributed by atoms with Gasteiger partial charge in [-0.05, 0) is 0 Å². The van der Waals surface area contributed by atoms with Gasteiger partial charge < -0.3 is 9.84 Å². The van der Waals surface area contributed by atoms with Crippen LogP contribution in [0.25, 0.3) is 0 Å². The van der Waals surface area contributed by atoms with Crippen LogP contribution in [0.1, 0.15) is 13.8 Å². The van der Waals surface area contributed by atoms with E-state index >= 15 is 0 Å². The first-order chi connectivity index (χ1) is 5.93. The molecule has 1 heterocycles. The van der Waals surface area contributed by atoms with Crippen LogP contribution in [0.5, 0.6) is 0 Å². The molecule has 1 N–H and O–H groups in total. The fourth-order valence-corrected chi connectivity index (χ4v) is 2.21. The Morgan fingerprint density at radius 2 is 2.38 bits per heavy atom. The summed E-state index contributed by atoms with van der Waals surface area (Å²) in [6.45, 7) is 4.18. The SMILES string of the molecule is CC1(C)COC(=O)C1SCC(=O)O. The van der Waals surface area contributed by atoms with Crippen LogP contribution in [0.4, 0.5) is 0 Å². The Kier molecular flexibility index (Phi) is 2.85. The number of hydrogen-bond donors (Lipinski definition) is 1. The summed E-state index contributed by atoms with van der Waals surface area (Å²) < 4.78 is 4.86. The summed E-state index contributed by atoms with van der Waals surface area (Å²) in [5.74, 6) is -1.25. The summed E-state index contributed by atoms with van der Waals surface area (Å²) in [4.78, 5) is 21.5. The molecule has 1 saturated heterocycles. The quantitative estimate of drug-likeness (QED) is 0.687. The molecule has 74 valence electrons. The zero-order chi connectivity index (χ0) is 10.1. The number of thioether (sulfide) groups is 1. The van der Waals surface area contributed by atoms with Crippen molar-refractivity contribution in [1.82, 2.24) is 0 Å². The van der Waals surface area contributed by atoms with E-state index in [0.717, 1.165) is 11.8 Å². The Bertz CT molecular complexity index is 236. The molecule has 0 bridgehead atoms. The van der Waals surface area contributed by atoms with Crippen LogP contribution < -0.4 is 0 Å². The van der Waals surface area contributed by atoms with Crippen LogP contribution in [0.2, 0.25) is 0 Å². The van der Waals surface area contributed by atoms with Gasteiger partial charge in [0, 0.05) is 5.41 Å². The van der Waals surface area contributed by atoms with Crippen molar-refractivity contribution in [3.8, 4) is 0 Å². The van der Waals surface area contributed by atoms with E-state index < -0.39 is 5.97 Å². The van der Waals surface area contributed by atoms with E-state index in [-0.39, 0.29) is 22.4 Å². The van der Waals surface area contributed by atoms with E-state index in [0.29, 0.717) is 6.61 Å². The molecule has 0 aliphatic carbocycles. The first-order valence-electron chi connectivity index (χ1n) is 3.93. The van der Waals surface area contributed by atoms with Crippen molar-refractivity contribution < 1.29 is 19.4 Å². The lowest BCUT2D eigenvalue weighted by atomic mass is 9.92. The molecular formula is C8H12O4S. The van der Waals surface area contributed by atoms with Gasteiger partial charge in [0.1, 0.15) is 5.25 Å². The molecule has 0 aromatic heterocycles. The fourth-order valence-electron chi connectivity index (χ4n) is 1.18. The maximum absolute atomic E-state index is 11.2. The molecule has 1 aliphatic heterocycles. The van der Waals surface area contributed by atoms with Gasteiger partial charge in [-0.3, -0.25) is 9.59 Å². The van der Waals surface area contributed by atoms with Gasteiger partial charge in [0.25, 0.3) is 0 Å². The minimum Gasteiger partial charge on any atom is -0.481 e. The Balaban J connectivity index is 2.56. The zero-order valence-corrected chi connectivity index (χ0v) is 8.39. The molecule has 1 rings (SSSR count). The normalized spacial score (nSPS) is 25.7. The van der Waals surface area contributed by atoms with Crippen molar-refractivity contribution in [1.29, 1.82) is 0 Å². The first-order valence-corrected chi connectivity index (χ1v) is 4.98. The maximum Gasteiger partial charge on any atom is 0.319 e. The van der Waals surface area contributed by atoms with Crippen LogP contribution in [-0.4, -0.2) is 34.7 Å². The second kappa shape index (κ2) is 3.57. The number of aliphatic carboxylic acids is 1. The number of rotatable bonds is 3. The molecule has 4 nitrogen and oxygen atoms in total. The summed E-state index contributed by atoms with van der Waals surface area (Å²) in [5.41, 5.74) is -0.253. The number of ether oxygens (including phenoxy) is 1. The molecule has 0 aromatic rings. The van der Waals surface area contributed by atoms with Gasteiger partial charge in [-0.15, -0.1) is 11.8 Å². The molecule has 1 fully saturated rings. The maximum atomic E-state index is 11.2. The number of hydrogen-bond acceptors (Lipinski definition) is 4. The molecule has 13 heavy (non-hydrogen) atoms. The second-order valence-electron chi connectivity index (χ2n) is 3.68. The minimum atomic E-state index is -0.902. The highest BCUT2D eigenvalue weighted by atomic mass is 32.2. The van der Waals surface area contributed by atoms with E-state index in [2.05, 4.69) is 0 Å². The van der Waals surface area contributed by atoms with Crippen LogP contribution in [0.15, 0.2) is 0 Å². The number of carboxylic acids is 1. The molecule has 5 heteroatoms. The molecule has 0 amide bonds. The smallest absolute Gasteiger partial charge is 0.319 e. The molecule has 1 atom stereocenters. The zero-order valence-electron chi connectivity index (χ0n) is 7.57. The van der Waals surface area contributed by atoms with E-state index in [9.17, 15) is 9.59 Å². The van der Waals surface area contributed by atoms with Gasteiger partial charge in [0.15, 0.2) is 0 Å². The van der Waals surface area contributed by atoms with E-state index in [1.54, 1.807) is 0 Å². The number of esters is 1. The van der Waals surface area contributed by atoms with Gasteiger partial charge in [-0.2, -0.15) is 0 Å². The first kappa shape index (κ1) is 10.4. The molecule has 0 aromatic carbocycles. The fraction of sp³-hybridized carbons (Fsp3) is 0.750. The number of carboxylic acid groups (broad SMARTS) is 1. The van der Waals surface area contributed by atoms with Crippen molar-refractivity contribution >= 4 is 23.7 Å². The van der Waals surface area contributed by atoms with E-state index in [4.69, 9.17) is 9.84 Å². The van der Waals surface area contributed by atoms with Crippen LogP contribution >= 0.6 is 11.8 Å². The van der Waals surface area contributed by atoms with Gasteiger partial charge >= 0.3 is 11.9 Å². The average molecular weight is 204 g/mol.